The zero-order valence-corrected chi connectivity index (χ0v) is 18.5. The van der Waals surface area contributed by atoms with Crippen LogP contribution in [0.4, 0.5) is 11.4 Å². The minimum Gasteiger partial charge on any atom is -0.486 e. The van der Waals surface area contributed by atoms with Crippen molar-refractivity contribution in [1.29, 1.82) is 0 Å². The van der Waals surface area contributed by atoms with Crippen LogP contribution in [0.15, 0.2) is 77.7 Å². The number of hydrogen-bond acceptors (Lipinski definition) is 5. The third kappa shape index (κ3) is 4.70. The number of fused-ring (bicyclic) bond motifs is 1. The number of rotatable bonds is 7. The van der Waals surface area contributed by atoms with E-state index < -0.39 is 15.9 Å². The number of aryl methyl sites for hydroxylation is 1. The van der Waals surface area contributed by atoms with Crippen molar-refractivity contribution in [2.75, 3.05) is 29.4 Å². The average Bonchev–Trinajstić information content (AvgIpc) is 2.83. The molecule has 1 aliphatic heterocycles. The monoisotopic (exact) mass is 452 g/mol. The fourth-order valence-corrected chi connectivity index (χ4v) is 4.83. The summed E-state index contributed by atoms with van der Waals surface area (Å²) in [4.78, 5) is 13.0. The van der Waals surface area contributed by atoms with E-state index in [4.69, 9.17) is 9.47 Å². The fourth-order valence-electron chi connectivity index (χ4n) is 3.38. The zero-order valence-electron chi connectivity index (χ0n) is 17.7. The van der Waals surface area contributed by atoms with Gasteiger partial charge in [-0.15, -0.1) is 0 Å². The van der Waals surface area contributed by atoms with Crippen molar-refractivity contribution in [1.82, 2.24) is 0 Å². The van der Waals surface area contributed by atoms with E-state index in [9.17, 15) is 13.2 Å². The molecule has 3 aromatic carbocycles. The van der Waals surface area contributed by atoms with Gasteiger partial charge in [-0.3, -0.25) is 9.10 Å². The molecule has 0 saturated carbocycles. The van der Waals surface area contributed by atoms with Crippen LogP contribution in [0.3, 0.4) is 0 Å². The summed E-state index contributed by atoms with van der Waals surface area (Å²) in [6.45, 7) is 2.55. The standard InChI is InChI=1S/C24H24N2O5S/c1-2-18-8-11-20(12-9-18)26(32(28,29)21-6-4-3-5-7-21)17-24(27)25-19-10-13-22-23(16-19)31-15-14-30-22/h3-13,16H,2,14-15,17H2,1H3,(H,25,27). The molecule has 0 spiro atoms. The van der Waals surface area contributed by atoms with Gasteiger partial charge in [0.25, 0.3) is 10.0 Å². The topological polar surface area (TPSA) is 84.9 Å². The lowest BCUT2D eigenvalue weighted by molar-refractivity contribution is -0.114. The van der Waals surface area contributed by atoms with E-state index in [1.165, 1.54) is 12.1 Å². The molecule has 1 amide bonds. The average molecular weight is 453 g/mol. The predicted molar refractivity (Wildman–Crippen MR) is 123 cm³/mol. The number of hydrogen-bond donors (Lipinski definition) is 1. The number of ether oxygens (including phenoxy) is 2. The van der Waals surface area contributed by atoms with E-state index in [2.05, 4.69) is 5.32 Å². The number of amides is 1. The molecule has 1 heterocycles. The SMILES string of the molecule is CCc1ccc(N(CC(=O)Nc2ccc3c(c2)OCCO3)S(=O)(=O)c2ccccc2)cc1. The Morgan fingerprint density at radius 3 is 2.31 bits per heavy atom. The van der Waals surface area contributed by atoms with Gasteiger partial charge in [-0.25, -0.2) is 8.42 Å². The summed E-state index contributed by atoms with van der Waals surface area (Å²) in [5, 5.41) is 2.76. The minimum absolute atomic E-state index is 0.117. The first kappa shape index (κ1) is 21.7. The van der Waals surface area contributed by atoms with E-state index in [1.54, 1.807) is 48.5 Å². The van der Waals surface area contributed by atoms with Crippen LogP contribution in [0.2, 0.25) is 0 Å². The second kappa shape index (κ2) is 9.32. The normalized spacial score (nSPS) is 12.8. The lowest BCUT2D eigenvalue weighted by atomic mass is 10.1. The zero-order chi connectivity index (χ0) is 22.6. The van der Waals surface area contributed by atoms with Crippen molar-refractivity contribution in [2.24, 2.45) is 0 Å². The van der Waals surface area contributed by atoms with Gasteiger partial charge in [0.2, 0.25) is 5.91 Å². The van der Waals surface area contributed by atoms with Crippen molar-refractivity contribution in [3.8, 4) is 11.5 Å². The molecule has 0 bridgehead atoms. The molecule has 0 unspecified atom stereocenters. The largest absolute Gasteiger partial charge is 0.486 e. The number of nitrogens with zero attached hydrogens (tertiary/aromatic N) is 1. The van der Waals surface area contributed by atoms with Crippen molar-refractivity contribution < 1.29 is 22.7 Å². The van der Waals surface area contributed by atoms with Crippen molar-refractivity contribution in [2.45, 2.75) is 18.2 Å². The molecule has 0 fully saturated rings. The van der Waals surface area contributed by atoms with Crippen LogP contribution in [-0.2, 0) is 21.2 Å². The van der Waals surface area contributed by atoms with Gasteiger partial charge < -0.3 is 14.8 Å². The molecule has 8 heteroatoms. The van der Waals surface area contributed by atoms with E-state index in [-0.39, 0.29) is 11.4 Å². The summed E-state index contributed by atoms with van der Waals surface area (Å²) in [7, 11) is -3.95. The number of benzene rings is 3. The highest BCUT2D eigenvalue weighted by molar-refractivity contribution is 7.92. The van der Waals surface area contributed by atoms with Crippen LogP contribution in [-0.4, -0.2) is 34.1 Å². The quantitative estimate of drug-likeness (QED) is 0.589. The Kier molecular flexibility index (Phi) is 6.32. The Hall–Kier alpha value is -3.52. The van der Waals surface area contributed by atoms with E-state index in [0.717, 1.165) is 16.3 Å². The number of anilines is 2. The third-order valence-electron chi connectivity index (χ3n) is 5.08. The molecule has 0 atom stereocenters. The second-order valence-corrected chi connectivity index (χ2v) is 9.11. The fraction of sp³-hybridized carbons (Fsp3) is 0.208. The van der Waals surface area contributed by atoms with Crippen LogP contribution < -0.4 is 19.1 Å². The molecule has 0 aromatic heterocycles. The van der Waals surface area contributed by atoms with E-state index in [1.807, 2.05) is 19.1 Å². The number of carbonyl (C=O) groups is 1. The van der Waals surface area contributed by atoms with Crippen molar-refractivity contribution in [3.05, 3.63) is 78.4 Å². The minimum atomic E-state index is -3.95. The Morgan fingerprint density at radius 2 is 1.62 bits per heavy atom. The van der Waals surface area contributed by atoms with Crippen LogP contribution in [0.1, 0.15) is 12.5 Å². The molecule has 0 saturated heterocycles. The Labute approximate surface area is 187 Å². The van der Waals surface area contributed by atoms with Gasteiger partial charge in [-0.2, -0.15) is 0 Å². The molecule has 1 aliphatic rings. The van der Waals surface area contributed by atoms with E-state index >= 15 is 0 Å². The van der Waals surface area contributed by atoms with Crippen LogP contribution >= 0.6 is 0 Å². The van der Waals surface area contributed by atoms with Gasteiger partial charge >= 0.3 is 0 Å². The van der Waals surface area contributed by atoms with Crippen LogP contribution in [0.5, 0.6) is 11.5 Å². The number of sulfonamides is 1. The molecule has 166 valence electrons. The summed E-state index contributed by atoms with van der Waals surface area (Å²) >= 11 is 0. The van der Waals surface area contributed by atoms with Gasteiger partial charge in [0.05, 0.1) is 10.6 Å². The van der Waals surface area contributed by atoms with Crippen molar-refractivity contribution in [3.63, 3.8) is 0 Å². The first-order chi connectivity index (χ1) is 15.5. The summed E-state index contributed by atoms with van der Waals surface area (Å²) in [5.74, 6) is 0.678. The molecule has 4 rings (SSSR count). The van der Waals surface area contributed by atoms with Gasteiger partial charge in [-0.1, -0.05) is 37.3 Å². The lowest BCUT2D eigenvalue weighted by Gasteiger charge is -2.24. The molecule has 32 heavy (non-hydrogen) atoms. The van der Waals surface area contributed by atoms with Crippen molar-refractivity contribution >= 4 is 27.3 Å². The summed E-state index contributed by atoms with van der Waals surface area (Å²) in [5.41, 5.74) is 1.99. The predicted octanol–water partition coefficient (Wildman–Crippen LogP) is 3.85. The third-order valence-corrected chi connectivity index (χ3v) is 6.86. The maximum absolute atomic E-state index is 13.4. The smallest absolute Gasteiger partial charge is 0.264 e. The molecule has 3 aromatic rings. The van der Waals surface area contributed by atoms with Gasteiger partial charge in [-0.05, 0) is 48.4 Å². The second-order valence-electron chi connectivity index (χ2n) is 7.25. The van der Waals surface area contributed by atoms with Gasteiger partial charge in [0.15, 0.2) is 11.5 Å². The van der Waals surface area contributed by atoms with Gasteiger partial charge in [0, 0.05) is 11.8 Å². The summed E-state index contributed by atoms with van der Waals surface area (Å²) in [6, 6.07) is 20.3. The maximum Gasteiger partial charge on any atom is 0.264 e. The Morgan fingerprint density at radius 1 is 0.938 bits per heavy atom. The lowest BCUT2D eigenvalue weighted by Crippen LogP contribution is -2.38. The Bertz CT molecular complexity index is 1190. The highest BCUT2D eigenvalue weighted by Gasteiger charge is 2.27. The van der Waals surface area contributed by atoms with E-state index in [0.29, 0.717) is 36.1 Å². The highest BCUT2D eigenvalue weighted by atomic mass is 32.2. The Balaban J connectivity index is 1.60. The number of nitrogens with one attached hydrogen (secondary N) is 1. The molecule has 0 radical (unpaired) electrons. The highest BCUT2D eigenvalue weighted by Crippen LogP contribution is 2.32. The molecule has 7 nitrogen and oxygen atoms in total. The van der Waals surface area contributed by atoms with Crippen LogP contribution in [0, 0.1) is 0 Å². The summed E-state index contributed by atoms with van der Waals surface area (Å²) in [6.07, 6.45) is 0.830. The first-order valence-electron chi connectivity index (χ1n) is 10.3. The first-order valence-corrected chi connectivity index (χ1v) is 11.8. The molecule has 0 aliphatic carbocycles. The molecular formula is C24H24N2O5S. The van der Waals surface area contributed by atoms with Crippen LogP contribution in [0.25, 0.3) is 0 Å². The maximum atomic E-state index is 13.4. The summed E-state index contributed by atoms with van der Waals surface area (Å²) < 4.78 is 38.9. The van der Waals surface area contributed by atoms with Gasteiger partial charge in [0.1, 0.15) is 19.8 Å². The molecule has 1 N–H and O–H groups in total. The molecular weight excluding hydrogens is 428 g/mol. The number of carbonyl (C=O) groups excluding carboxylic acids is 1.